The Bertz CT molecular complexity index is 7360. The SMILES string of the molecule is CC(=O)Nc1cccc(Nc2ncc3c(n2)-c2cc(CN(C)C)sc2CO3)c1.CN(C)Cc1cc2c(s1)COc1cnc(Nc3cccc(S(N)(=O)=O)c3)nc1-2.Cc1cc(C)cc(Nc2ncc3c(n2)-c2cc(CN(C)C)sc2CO3)c1.Cc1cc(C)cc(Nc2ncc3c(n2)-c2cc(CN4CCNCC4)sc2CO3)c1.NS(=O)(=O)c1cccc(Nc2ncc3c(n2)-c2cc(CN4CCNCC4)sc2CO3)c1. The molecule has 0 unspecified atom stereocenters. The molecule has 0 saturated carbocycles. The van der Waals surface area contributed by atoms with Crippen molar-refractivity contribution >= 4 is 147 Å². The Morgan fingerprint density at radius 2 is 0.620 bits per heavy atom. The summed E-state index contributed by atoms with van der Waals surface area (Å²) in [6.07, 6.45) is 8.52. The number of carbonyl (C=O) groups is 1. The van der Waals surface area contributed by atoms with Crippen molar-refractivity contribution in [2.24, 2.45) is 10.3 Å². The smallest absolute Gasteiger partial charge is 0.238 e. The van der Waals surface area contributed by atoms with Crippen molar-refractivity contribution in [2.45, 2.75) is 110 Å². The molecule has 1 amide bonds. The molecule has 142 heavy (non-hydrogen) atoms. The number of amides is 1. The van der Waals surface area contributed by atoms with Gasteiger partial charge < -0.3 is 80.9 Å². The molecule has 17 heterocycles. The predicted octanol–water partition coefficient (Wildman–Crippen LogP) is 16.7. The number of carbonyl (C=O) groups excluding carboxylic acids is 1. The third-order valence-electron chi connectivity index (χ3n) is 23.0. The molecule has 22 rings (SSSR count). The van der Waals surface area contributed by atoms with E-state index in [2.05, 4.69) is 225 Å². The fourth-order valence-electron chi connectivity index (χ4n) is 16.9. The van der Waals surface area contributed by atoms with E-state index in [0.717, 1.165) is 169 Å². The number of aryl methyl sites for hydroxylation is 4. The first-order valence-corrected chi connectivity index (χ1v) is 53.1. The Morgan fingerprint density at radius 3 is 0.901 bits per heavy atom. The number of nitrogens with one attached hydrogen (secondary N) is 8. The Morgan fingerprint density at radius 1 is 0.359 bits per heavy atom. The van der Waals surface area contributed by atoms with Crippen molar-refractivity contribution in [3.05, 3.63) is 242 Å². The van der Waals surface area contributed by atoms with Crippen LogP contribution in [0, 0.1) is 27.7 Å². The van der Waals surface area contributed by atoms with Gasteiger partial charge in [0.2, 0.25) is 55.7 Å². The fourth-order valence-corrected chi connectivity index (χ4v) is 23.9. The first-order chi connectivity index (χ1) is 68.3. The van der Waals surface area contributed by atoms with Gasteiger partial charge in [-0.2, -0.15) is 0 Å². The van der Waals surface area contributed by atoms with Gasteiger partial charge in [-0.1, -0.05) is 30.3 Å². The average Bonchev–Trinajstić information content (AvgIpc) is 1.63. The van der Waals surface area contributed by atoms with E-state index in [1.54, 1.807) is 101 Å². The van der Waals surface area contributed by atoms with Gasteiger partial charge in [-0.25, -0.2) is 77.0 Å². The highest BCUT2D eigenvalue weighted by molar-refractivity contribution is 7.89. The maximum atomic E-state index is 11.6. The van der Waals surface area contributed by atoms with Gasteiger partial charge in [-0.05, 0) is 201 Å². The number of fused-ring (bicyclic) bond motifs is 15. The number of nitrogens with two attached hydrogens (primary N) is 2. The summed E-state index contributed by atoms with van der Waals surface area (Å²) in [7, 11) is 4.77. The molecule has 736 valence electrons. The highest BCUT2D eigenvalue weighted by Gasteiger charge is 2.31. The molecular formula is C100H109N25O10S7. The molecule has 0 spiro atoms. The predicted molar refractivity (Wildman–Crippen MR) is 561 cm³/mol. The molecule has 0 radical (unpaired) electrons. The van der Waals surface area contributed by atoms with E-state index in [1.807, 2.05) is 49.7 Å². The number of hydrogen-bond donors (Lipinski definition) is 10. The van der Waals surface area contributed by atoms with Crippen LogP contribution in [0.3, 0.4) is 0 Å². The second kappa shape index (κ2) is 43.8. The summed E-state index contributed by atoms with van der Waals surface area (Å²) in [6, 6.07) is 43.6. The molecule has 2 saturated heterocycles. The molecule has 15 aromatic rings. The normalized spacial score (nSPS) is 14.1. The molecule has 0 bridgehead atoms. The molecule has 35 nitrogen and oxygen atoms in total. The number of hydrogen-bond acceptors (Lipinski definition) is 37. The number of aromatic nitrogens is 10. The number of benzene rings is 5. The van der Waals surface area contributed by atoms with Crippen LogP contribution >= 0.6 is 56.7 Å². The molecule has 5 aromatic carbocycles. The van der Waals surface area contributed by atoms with Crippen LogP contribution in [0.25, 0.3) is 56.3 Å². The molecule has 0 aliphatic carbocycles. The Kier molecular flexibility index (Phi) is 30.6. The third-order valence-corrected chi connectivity index (χ3v) is 30.3. The van der Waals surface area contributed by atoms with Gasteiger partial charge in [0.05, 0.1) is 65.2 Å². The van der Waals surface area contributed by atoms with Gasteiger partial charge in [0.25, 0.3) is 0 Å². The van der Waals surface area contributed by atoms with E-state index in [9.17, 15) is 21.6 Å². The maximum absolute atomic E-state index is 11.6. The van der Waals surface area contributed by atoms with Gasteiger partial charge in [0.1, 0.15) is 61.5 Å². The summed E-state index contributed by atoms with van der Waals surface area (Å²) in [5.41, 5.74) is 19.0. The van der Waals surface area contributed by atoms with Crippen LogP contribution < -0.4 is 76.5 Å². The molecule has 42 heteroatoms. The first kappa shape index (κ1) is 99.2. The van der Waals surface area contributed by atoms with Crippen LogP contribution in [-0.4, -0.2) is 192 Å². The largest absolute Gasteiger partial charge is 0.484 e. The minimum absolute atomic E-state index is 0.0206. The van der Waals surface area contributed by atoms with Crippen LogP contribution in [0.15, 0.2) is 180 Å². The number of thiophene rings is 5. The number of anilines is 11. The van der Waals surface area contributed by atoms with E-state index in [0.29, 0.717) is 97.1 Å². The third kappa shape index (κ3) is 25.2. The lowest BCUT2D eigenvalue weighted by molar-refractivity contribution is -0.114. The lowest BCUT2D eigenvalue weighted by Gasteiger charge is -2.26. The number of piperazine rings is 2. The lowest BCUT2D eigenvalue weighted by Crippen LogP contribution is -2.42. The second-order valence-electron chi connectivity index (χ2n) is 35.8. The van der Waals surface area contributed by atoms with E-state index < -0.39 is 20.0 Å². The minimum Gasteiger partial charge on any atom is -0.484 e. The molecular weight excluding hydrogens is 1940 g/mol. The fraction of sp³-hybridized carbons (Fsp3) is 0.290. The summed E-state index contributed by atoms with van der Waals surface area (Å²) >= 11 is 8.86. The van der Waals surface area contributed by atoms with Crippen molar-refractivity contribution in [2.75, 3.05) is 127 Å². The molecule has 7 aliphatic rings. The monoisotopic (exact) mass is 2040 g/mol. The average molecular weight is 2050 g/mol. The summed E-state index contributed by atoms with van der Waals surface area (Å²) < 4.78 is 75.6. The van der Waals surface area contributed by atoms with Crippen LogP contribution in [-0.2, 0) is 90.6 Å². The number of primary sulfonamides is 2. The highest BCUT2D eigenvalue weighted by Crippen LogP contribution is 2.48. The topological polar surface area (TPSA) is 425 Å². The number of nitrogens with zero attached hydrogens (tertiary/aromatic N) is 15. The van der Waals surface area contributed by atoms with Gasteiger partial charge in [0, 0.05) is 178 Å². The van der Waals surface area contributed by atoms with Gasteiger partial charge in [-0.15, -0.1) is 56.7 Å². The van der Waals surface area contributed by atoms with E-state index >= 15 is 0 Å². The number of ether oxygens (including phenoxy) is 5. The summed E-state index contributed by atoms with van der Waals surface area (Å²) in [5, 5.41) is 35.9. The van der Waals surface area contributed by atoms with Crippen LogP contribution in [0.1, 0.15) is 77.9 Å². The molecule has 2 fully saturated rings. The number of rotatable bonds is 23. The zero-order valence-corrected chi connectivity index (χ0v) is 85.9. The van der Waals surface area contributed by atoms with E-state index in [1.165, 1.54) is 104 Å². The standard InChI is InChI=1S/C22H25N5OS.C20H22N6O3S2.C20H21N5O2S.C20H22N4OS.C18H19N5O3S2/c1-14-7-15(2)9-16(8-14)25-22-24-11-19-21(26-22)18-10-17(29-20(18)13-28-19)12-27-5-3-23-4-6-27;21-31(27,28)15-3-1-2-13(8-15)24-20-23-10-17-19(25-20)16-9-14(30-18(16)12-29-17)11-26-6-4-22-5-7-26;1-12(26)22-13-5-4-6-14(7-13)23-20-21-9-17-19(24-20)16-8-15(10-25(2)3)28-18(16)11-27-17;1-12-5-13(2)7-14(6-12)22-20-21-9-17-19(23-20)16-8-15(10-24(3)4)26-18(16)11-25-17;1-23(2)9-12-7-14-16(27-12)10-26-15-8-20-18(22-17(14)15)21-11-4-3-5-13(6-11)28(19,24)25/h7-11,23H,3-6,12-13H2,1-2H3,(H,24,25,26);1-3,8-10,22H,4-7,11-12H2,(H2,21,27,28)(H,23,24,25);4-9H,10-11H2,1-3H3,(H,22,26)(H,21,23,24);5-9H,10-11H2,1-4H3,(H,21,22,23);3-8H,9-10H2,1-2H3,(H2,19,24,25)(H,20,21,22). The molecule has 7 aliphatic heterocycles. The molecule has 12 N–H and O–H groups in total. The quantitative estimate of drug-likeness (QED) is 0.0284. The van der Waals surface area contributed by atoms with E-state index in [-0.39, 0.29) is 15.7 Å². The van der Waals surface area contributed by atoms with Crippen molar-refractivity contribution in [1.29, 1.82) is 0 Å². The van der Waals surface area contributed by atoms with Crippen LogP contribution in [0.2, 0.25) is 0 Å². The Balaban J connectivity index is 0.000000117. The van der Waals surface area contributed by atoms with Gasteiger partial charge in [0.15, 0.2) is 28.7 Å². The summed E-state index contributed by atoms with van der Waals surface area (Å²) in [5.74, 6) is 5.73. The van der Waals surface area contributed by atoms with Crippen LogP contribution in [0.4, 0.5) is 63.9 Å². The Hall–Kier alpha value is -13.0. The second-order valence-corrected chi connectivity index (χ2v) is 45.0. The number of sulfonamides is 2. The van der Waals surface area contributed by atoms with E-state index in [4.69, 9.17) is 48.9 Å². The summed E-state index contributed by atoms with van der Waals surface area (Å²) in [4.78, 5) is 80.5. The molecule has 10 aromatic heterocycles. The Labute approximate surface area is 844 Å². The zero-order valence-electron chi connectivity index (χ0n) is 80.2. The van der Waals surface area contributed by atoms with Gasteiger partial charge in [-0.3, -0.25) is 14.6 Å². The highest BCUT2D eigenvalue weighted by atomic mass is 32.2. The van der Waals surface area contributed by atoms with Gasteiger partial charge >= 0.3 is 0 Å². The maximum Gasteiger partial charge on any atom is 0.238 e. The van der Waals surface area contributed by atoms with Crippen molar-refractivity contribution < 1.29 is 45.3 Å². The summed E-state index contributed by atoms with van der Waals surface area (Å²) in [6.45, 7) is 25.6. The zero-order chi connectivity index (χ0) is 99.0. The van der Waals surface area contributed by atoms with Crippen molar-refractivity contribution in [3.8, 4) is 85.0 Å². The van der Waals surface area contributed by atoms with Crippen LogP contribution in [0.5, 0.6) is 28.7 Å². The molecule has 0 atom stereocenters. The van der Waals surface area contributed by atoms with Crippen molar-refractivity contribution in [1.82, 2.24) is 85.0 Å². The lowest BCUT2D eigenvalue weighted by atomic mass is 10.1. The van der Waals surface area contributed by atoms with Crippen molar-refractivity contribution in [3.63, 3.8) is 0 Å². The first-order valence-electron chi connectivity index (χ1n) is 45.9. The minimum atomic E-state index is -3.79.